The van der Waals surface area contributed by atoms with Crippen LogP contribution in [0.2, 0.25) is 0 Å². The number of ether oxygens (including phenoxy) is 1. The first kappa shape index (κ1) is 17.9. The van der Waals surface area contributed by atoms with E-state index < -0.39 is 0 Å². The van der Waals surface area contributed by atoms with Gasteiger partial charge in [0.25, 0.3) is 0 Å². The number of para-hydroxylation sites is 2. The molecule has 0 heterocycles. The van der Waals surface area contributed by atoms with Gasteiger partial charge in [0.05, 0.1) is 12.8 Å². The van der Waals surface area contributed by atoms with Crippen molar-refractivity contribution in [2.24, 2.45) is 0 Å². The first-order valence-electron chi connectivity index (χ1n) is 8.12. The van der Waals surface area contributed by atoms with Crippen molar-refractivity contribution in [2.45, 2.75) is 39.2 Å². The SMILES string of the molecule is COc1ccccc1NC(=O)[C@H](C)Nc1ccc(C(C)(C)C)cc1. The Bertz CT molecular complexity index is 688. The summed E-state index contributed by atoms with van der Waals surface area (Å²) >= 11 is 0. The molecule has 0 saturated carbocycles. The summed E-state index contributed by atoms with van der Waals surface area (Å²) in [5.74, 6) is 0.534. The summed E-state index contributed by atoms with van der Waals surface area (Å²) in [5.41, 5.74) is 2.97. The highest BCUT2D eigenvalue weighted by Crippen LogP contribution is 2.25. The van der Waals surface area contributed by atoms with Crippen LogP contribution in [0, 0.1) is 0 Å². The topological polar surface area (TPSA) is 50.4 Å². The summed E-state index contributed by atoms with van der Waals surface area (Å²) in [4.78, 5) is 12.4. The molecular formula is C20H26N2O2. The molecule has 0 aliphatic rings. The molecule has 0 aromatic heterocycles. The molecule has 2 aromatic carbocycles. The van der Waals surface area contributed by atoms with E-state index in [1.807, 2.05) is 43.3 Å². The van der Waals surface area contributed by atoms with Gasteiger partial charge in [0.15, 0.2) is 0 Å². The monoisotopic (exact) mass is 326 g/mol. The van der Waals surface area contributed by atoms with E-state index in [9.17, 15) is 4.79 Å². The fourth-order valence-electron chi connectivity index (χ4n) is 2.37. The lowest BCUT2D eigenvalue weighted by atomic mass is 9.87. The molecule has 4 heteroatoms. The predicted octanol–water partition coefficient (Wildman–Crippen LogP) is 4.43. The van der Waals surface area contributed by atoms with Crippen LogP contribution in [0.1, 0.15) is 33.3 Å². The Morgan fingerprint density at radius 3 is 2.25 bits per heavy atom. The third kappa shape index (κ3) is 4.51. The van der Waals surface area contributed by atoms with Gasteiger partial charge < -0.3 is 15.4 Å². The van der Waals surface area contributed by atoms with Crippen molar-refractivity contribution in [3.8, 4) is 5.75 Å². The summed E-state index contributed by atoms with van der Waals surface area (Å²) < 4.78 is 5.25. The standard InChI is InChI=1S/C20H26N2O2/c1-14(19(23)22-17-8-6-7-9-18(17)24-5)21-16-12-10-15(11-13-16)20(2,3)4/h6-14,21H,1-5H3,(H,22,23)/t14-/m0/s1. The smallest absolute Gasteiger partial charge is 0.246 e. The fraction of sp³-hybridized carbons (Fsp3) is 0.350. The van der Waals surface area contributed by atoms with Crippen molar-refractivity contribution >= 4 is 17.3 Å². The molecule has 0 radical (unpaired) electrons. The zero-order valence-corrected chi connectivity index (χ0v) is 15.0. The first-order chi connectivity index (χ1) is 11.3. The molecule has 0 saturated heterocycles. The van der Waals surface area contributed by atoms with Crippen molar-refractivity contribution in [2.75, 3.05) is 17.7 Å². The largest absolute Gasteiger partial charge is 0.495 e. The van der Waals surface area contributed by atoms with Crippen LogP contribution < -0.4 is 15.4 Å². The number of hydrogen-bond donors (Lipinski definition) is 2. The molecule has 4 nitrogen and oxygen atoms in total. The summed E-state index contributed by atoms with van der Waals surface area (Å²) in [5, 5.41) is 6.12. The summed E-state index contributed by atoms with van der Waals surface area (Å²) in [6.07, 6.45) is 0. The Morgan fingerprint density at radius 1 is 1.04 bits per heavy atom. The molecule has 24 heavy (non-hydrogen) atoms. The van der Waals surface area contributed by atoms with Gasteiger partial charge in [-0.15, -0.1) is 0 Å². The van der Waals surface area contributed by atoms with Crippen molar-refractivity contribution in [1.29, 1.82) is 0 Å². The van der Waals surface area contributed by atoms with Gasteiger partial charge in [-0.1, -0.05) is 45.0 Å². The molecule has 0 aliphatic carbocycles. The van der Waals surface area contributed by atoms with Crippen LogP contribution in [0.3, 0.4) is 0 Å². The number of rotatable bonds is 5. The Hall–Kier alpha value is -2.49. The molecule has 1 atom stereocenters. The Kier molecular flexibility index (Phi) is 5.50. The molecule has 0 aliphatic heterocycles. The normalized spacial score (nSPS) is 12.4. The second kappa shape index (κ2) is 7.39. The van der Waals surface area contributed by atoms with E-state index in [1.165, 1.54) is 5.56 Å². The minimum atomic E-state index is -0.365. The van der Waals surface area contributed by atoms with Crippen LogP contribution in [-0.4, -0.2) is 19.1 Å². The number of carbonyl (C=O) groups is 1. The van der Waals surface area contributed by atoms with E-state index in [1.54, 1.807) is 7.11 Å². The fourth-order valence-corrected chi connectivity index (χ4v) is 2.37. The average molecular weight is 326 g/mol. The number of anilines is 2. The second-order valence-electron chi connectivity index (χ2n) is 6.88. The van der Waals surface area contributed by atoms with E-state index in [2.05, 4.69) is 43.5 Å². The van der Waals surface area contributed by atoms with Crippen LogP contribution in [0.25, 0.3) is 0 Å². The van der Waals surface area contributed by atoms with Gasteiger partial charge in [-0.05, 0) is 42.2 Å². The maximum Gasteiger partial charge on any atom is 0.246 e. The Balaban J connectivity index is 2.01. The van der Waals surface area contributed by atoms with E-state index >= 15 is 0 Å². The molecule has 0 bridgehead atoms. The number of methoxy groups -OCH3 is 1. The minimum absolute atomic E-state index is 0.112. The zero-order valence-electron chi connectivity index (χ0n) is 15.0. The molecule has 0 spiro atoms. The third-order valence-corrected chi connectivity index (χ3v) is 3.89. The molecule has 2 rings (SSSR count). The molecule has 128 valence electrons. The Morgan fingerprint density at radius 2 is 1.67 bits per heavy atom. The number of hydrogen-bond acceptors (Lipinski definition) is 3. The zero-order chi connectivity index (χ0) is 17.7. The summed E-state index contributed by atoms with van der Waals surface area (Å²) in [6.45, 7) is 8.37. The van der Waals surface area contributed by atoms with Crippen molar-refractivity contribution in [3.63, 3.8) is 0 Å². The van der Waals surface area contributed by atoms with Crippen LogP contribution in [0.4, 0.5) is 11.4 Å². The lowest BCUT2D eigenvalue weighted by Crippen LogP contribution is -2.32. The van der Waals surface area contributed by atoms with Gasteiger partial charge in [-0.25, -0.2) is 0 Å². The van der Waals surface area contributed by atoms with E-state index in [0.29, 0.717) is 11.4 Å². The highest BCUT2D eigenvalue weighted by molar-refractivity contribution is 5.97. The van der Waals surface area contributed by atoms with Crippen molar-refractivity contribution < 1.29 is 9.53 Å². The second-order valence-corrected chi connectivity index (χ2v) is 6.88. The van der Waals surface area contributed by atoms with Crippen LogP contribution in [0.5, 0.6) is 5.75 Å². The highest BCUT2D eigenvalue weighted by Gasteiger charge is 2.16. The molecule has 0 unspecified atom stereocenters. The van der Waals surface area contributed by atoms with Gasteiger partial charge in [0.1, 0.15) is 11.8 Å². The van der Waals surface area contributed by atoms with Crippen LogP contribution in [0.15, 0.2) is 48.5 Å². The van der Waals surface area contributed by atoms with Crippen molar-refractivity contribution in [3.05, 3.63) is 54.1 Å². The lowest BCUT2D eigenvalue weighted by Gasteiger charge is -2.20. The molecule has 0 fully saturated rings. The van der Waals surface area contributed by atoms with E-state index in [4.69, 9.17) is 4.74 Å². The third-order valence-electron chi connectivity index (χ3n) is 3.89. The van der Waals surface area contributed by atoms with E-state index in [0.717, 1.165) is 5.69 Å². The lowest BCUT2D eigenvalue weighted by molar-refractivity contribution is -0.116. The van der Waals surface area contributed by atoms with Gasteiger partial charge in [0, 0.05) is 5.69 Å². The molecular weight excluding hydrogens is 300 g/mol. The van der Waals surface area contributed by atoms with E-state index in [-0.39, 0.29) is 17.4 Å². The maximum atomic E-state index is 12.4. The number of carbonyl (C=O) groups excluding carboxylic acids is 1. The molecule has 1 amide bonds. The molecule has 2 N–H and O–H groups in total. The molecule has 2 aromatic rings. The van der Waals surface area contributed by atoms with Gasteiger partial charge >= 0.3 is 0 Å². The number of amides is 1. The van der Waals surface area contributed by atoms with Crippen LogP contribution in [-0.2, 0) is 10.2 Å². The maximum absolute atomic E-state index is 12.4. The first-order valence-corrected chi connectivity index (χ1v) is 8.12. The minimum Gasteiger partial charge on any atom is -0.495 e. The predicted molar refractivity (Wildman–Crippen MR) is 99.9 cm³/mol. The van der Waals surface area contributed by atoms with Crippen LogP contribution >= 0.6 is 0 Å². The van der Waals surface area contributed by atoms with Gasteiger partial charge in [-0.2, -0.15) is 0 Å². The van der Waals surface area contributed by atoms with Crippen molar-refractivity contribution in [1.82, 2.24) is 0 Å². The van der Waals surface area contributed by atoms with Gasteiger partial charge in [0.2, 0.25) is 5.91 Å². The average Bonchev–Trinajstić information content (AvgIpc) is 2.55. The highest BCUT2D eigenvalue weighted by atomic mass is 16.5. The number of nitrogens with one attached hydrogen (secondary N) is 2. The summed E-state index contributed by atoms with van der Waals surface area (Å²) in [6, 6.07) is 15.2. The quantitative estimate of drug-likeness (QED) is 0.854. The summed E-state index contributed by atoms with van der Waals surface area (Å²) in [7, 11) is 1.59. The Labute approximate surface area is 144 Å². The number of benzene rings is 2. The van der Waals surface area contributed by atoms with Gasteiger partial charge in [-0.3, -0.25) is 4.79 Å².